The molecule has 2 amide bonds. The fourth-order valence-electron chi connectivity index (χ4n) is 3.15. The number of methoxy groups -OCH3 is 1. The molecule has 1 aliphatic carbocycles. The number of hydrogen-bond acceptors (Lipinski definition) is 4. The number of carbonyl (C=O) groups is 3. The lowest BCUT2D eigenvalue weighted by molar-refractivity contribution is -0.144. The maximum Gasteiger partial charge on any atom is 0.307 e. The number of aliphatic carboxylic acids is 1. The van der Waals surface area contributed by atoms with Crippen molar-refractivity contribution in [1.29, 1.82) is 0 Å². The van der Waals surface area contributed by atoms with Crippen molar-refractivity contribution in [3.05, 3.63) is 0 Å². The Kier molecular flexibility index (Phi) is 4.22. The molecular weight excluding hydrogens is 276 g/mol. The third-order valence-corrected chi connectivity index (χ3v) is 4.57. The average molecular weight is 298 g/mol. The van der Waals surface area contributed by atoms with Crippen LogP contribution in [0.1, 0.15) is 13.8 Å². The van der Waals surface area contributed by atoms with Crippen LogP contribution < -0.4 is 0 Å². The number of ether oxygens (including phenoxy) is 1. The molecule has 2 atom stereocenters. The van der Waals surface area contributed by atoms with Gasteiger partial charge >= 0.3 is 5.97 Å². The standard InChI is InChI=1S/C14H22N2O5/c1-14(2)10(11(14)13(19)20)12(18)16-6-4-15(5-7-16)9(17)8-21-3/h10-11H,4-8H2,1-3H3,(H,19,20)/t10-,11+/m1/s1. The van der Waals surface area contributed by atoms with Crippen LogP contribution in [0.2, 0.25) is 0 Å². The van der Waals surface area contributed by atoms with Crippen LogP contribution in [0, 0.1) is 17.3 Å². The Bertz CT molecular complexity index is 454. The third kappa shape index (κ3) is 2.88. The van der Waals surface area contributed by atoms with Gasteiger partial charge in [-0.1, -0.05) is 13.8 Å². The van der Waals surface area contributed by atoms with Crippen LogP contribution in [-0.2, 0) is 19.1 Å². The minimum Gasteiger partial charge on any atom is -0.481 e. The second kappa shape index (κ2) is 5.63. The van der Waals surface area contributed by atoms with Gasteiger partial charge in [0.1, 0.15) is 6.61 Å². The van der Waals surface area contributed by atoms with Crippen LogP contribution in [-0.4, -0.2) is 72.6 Å². The molecule has 7 heteroatoms. The minimum atomic E-state index is -0.910. The van der Waals surface area contributed by atoms with Crippen molar-refractivity contribution < 1.29 is 24.2 Å². The first kappa shape index (κ1) is 15.8. The molecule has 1 aliphatic heterocycles. The van der Waals surface area contributed by atoms with E-state index in [1.807, 2.05) is 13.8 Å². The zero-order chi connectivity index (χ0) is 15.8. The molecule has 7 nitrogen and oxygen atoms in total. The highest BCUT2D eigenvalue weighted by Crippen LogP contribution is 2.59. The number of piperazine rings is 1. The van der Waals surface area contributed by atoms with Gasteiger partial charge in [0.2, 0.25) is 11.8 Å². The van der Waals surface area contributed by atoms with Crippen LogP contribution in [0.25, 0.3) is 0 Å². The molecule has 0 aromatic carbocycles. The van der Waals surface area contributed by atoms with E-state index in [-0.39, 0.29) is 18.4 Å². The molecule has 2 rings (SSSR count). The van der Waals surface area contributed by atoms with E-state index in [0.29, 0.717) is 26.2 Å². The molecule has 2 aliphatic rings. The first-order valence-electron chi connectivity index (χ1n) is 7.09. The number of carbonyl (C=O) groups excluding carboxylic acids is 2. The quantitative estimate of drug-likeness (QED) is 0.767. The van der Waals surface area contributed by atoms with Crippen LogP contribution in [0.15, 0.2) is 0 Å². The lowest BCUT2D eigenvalue weighted by Gasteiger charge is -2.35. The smallest absolute Gasteiger partial charge is 0.307 e. The molecule has 0 bridgehead atoms. The van der Waals surface area contributed by atoms with Crippen molar-refractivity contribution in [3.63, 3.8) is 0 Å². The maximum absolute atomic E-state index is 12.4. The zero-order valence-corrected chi connectivity index (χ0v) is 12.7. The largest absolute Gasteiger partial charge is 0.481 e. The number of amides is 2. The van der Waals surface area contributed by atoms with Crippen molar-refractivity contribution >= 4 is 17.8 Å². The van der Waals surface area contributed by atoms with Crippen LogP contribution >= 0.6 is 0 Å². The van der Waals surface area contributed by atoms with Gasteiger partial charge in [0.15, 0.2) is 0 Å². The summed E-state index contributed by atoms with van der Waals surface area (Å²) in [5, 5.41) is 9.14. The predicted molar refractivity (Wildman–Crippen MR) is 73.4 cm³/mol. The van der Waals surface area contributed by atoms with Crippen molar-refractivity contribution in [2.75, 3.05) is 39.9 Å². The molecule has 0 aromatic rings. The van der Waals surface area contributed by atoms with E-state index < -0.39 is 23.2 Å². The molecule has 0 spiro atoms. The molecule has 2 fully saturated rings. The Hall–Kier alpha value is -1.63. The van der Waals surface area contributed by atoms with E-state index >= 15 is 0 Å². The molecular formula is C14H22N2O5. The number of carboxylic acid groups (broad SMARTS) is 1. The van der Waals surface area contributed by atoms with Gasteiger partial charge in [-0.2, -0.15) is 0 Å². The predicted octanol–water partition coefficient (Wildman–Crippen LogP) is -0.340. The van der Waals surface area contributed by atoms with E-state index in [2.05, 4.69) is 0 Å². The van der Waals surface area contributed by atoms with E-state index in [0.717, 1.165) is 0 Å². The molecule has 1 saturated heterocycles. The summed E-state index contributed by atoms with van der Waals surface area (Å²) in [5.74, 6) is -2.15. The molecule has 118 valence electrons. The first-order chi connectivity index (χ1) is 9.80. The molecule has 1 saturated carbocycles. The Morgan fingerprint density at radius 1 is 1.10 bits per heavy atom. The Morgan fingerprint density at radius 2 is 1.62 bits per heavy atom. The first-order valence-corrected chi connectivity index (χ1v) is 7.09. The SMILES string of the molecule is COCC(=O)N1CCN(C(=O)[C@H]2[C@@H](C(=O)O)C2(C)C)CC1. The highest BCUT2D eigenvalue weighted by Gasteiger charge is 2.66. The summed E-state index contributed by atoms with van der Waals surface area (Å²) in [4.78, 5) is 38.6. The Morgan fingerprint density at radius 3 is 2.05 bits per heavy atom. The zero-order valence-electron chi connectivity index (χ0n) is 12.7. The van der Waals surface area contributed by atoms with Crippen molar-refractivity contribution in [1.82, 2.24) is 9.80 Å². The van der Waals surface area contributed by atoms with Crippen LogP contribution in [0.3, 0.4) is 0 Å². The molecule has 0 aromatic heterocycles. The second-order valence-electron chi connectivity index (χ2n) is 6.25. The lowest BCUT2D eigenvalue weighted by Crippen LogP contribution is -2.52. The number of carboxylic acids is 1. The van der Waals surface area contributed by atoms with E-state index in [1.165, 1.54) is 7.11 Å². The number of nitrogens with zero attached hydrogens (tertiary/aromatic N) is 2. The minimum absolute atomic E-state index is 0.0463. The van der Waals surface area contributed by atoms with E-state index in [4.69, 9.17) is 9.84 Å². The highest BCUT2D eigenvalue weighted by atomic mass is 16.5. The fraction of sp³-hybridized carbons (Fsp3) is 0.786. The summed E-state index contributed by atoms with van der Waals surface area (Å²) in [7, 11) is 1.47. The van der Waals surface area contributed by atoms with Crippen molar-refractivity contribution in [3.8, 4) is 0 Å². The van der Waals surface area contributed by atoms with Gasteiger partial charge in [-0.15, -0.1) is 0 Å². The lowest BCUT2D eigenvalue weighted by atomic mass is 10.1. The van der Waals surface area contributed by atoms with E-state index in [1.54, 1.807) is 9.80 Å². The van der Waals surface area contributed by atoms with Gasteiger partial charge in [0, 0.05) is 33.3 Å². The molecule has 0 unspecified atom stereocenters. The second-order valence-corrected chi connectivity index (χ2v) is 6.25. The van der Waals surface area contributed by atoms with Gasteiger partial charge < -0.3 is 19.6 Å². The third-order valence-electron chi connectivity index (χ3n) is 4.57. The van der Waals surface area contributed by atoms with Crippen LogP contribution in [0.4, 0.5) is 0 Å². The summed E-state index contributed by atoms with van der Waals surface area (Å²) in [6.45, 7) is 5.52. The fourth-order valence-corrected chi connectivity index (χ4v) is 3.15. The van der Waals surface area contributed by atoms with Gasteiger partial charge in [-0.25, -0.2) is 0 Å². The molecule has 1 heterocycles. The normalized spacial score (nSPS) is 27.4. The summed E-state index contributed by atoms with van der Waals surface area (Å²) in [6.07, 6.45) is 0. The van der Waals surface area contributed by atoms with Gasteiger partial charge in [-0.05, 0) is 5.41 Å². The summed E-state index contributed by atoms with van der Waals surface area (Å²) < 4.78 is 4.81. The van der Waals surface area contributed by atoms with Gasteiger partial charge in [0.05, 0.1) is 11.8 Å². The number of hydrogen-bond donors (Lipinski definition) is 1. The van der Waals surface area contributed by atoms with Gasteiger partial charge in [-0.3, -0.25) is 14.4 Å². The van der Waals surface area contributed by atoms with E-state index in [9.17, 15) is 14.4 Å². The molecule has 1 N–H and O–H groups in total. The van der Waals surface area contributed by atoms with Crippen molar-refractivity contribution in [2.24, 2.45) is 17.3 Å². The van der Waals surface area contributed by atoms with Crippen LogP contribution in [0.5, 0.6) is 0 Å². The van der Waals surface area contributed by atoms with Crippen molar-refractivity contribution in [2.45, 2.75) is 13.8 Å². The Balaban J connectivity index is 1.90. The number of rotatable bonds is 4. The average Bonchev–Trinajstić information content (AvgIpc) is 3.01. The molecule has 0 radical (unpaired) electrons. The Labute approximate surface area is 123 Å². The maximum atomic E-state index is 12.4. The summed E-state index contributed by atoms with van der Waals surface area (Å²) in [5.41, 5.74) is -0.480. The molecule has 21 heavy (non-hydrogen) atoms. The highest BCUT2D eigenvalue weighted by molar-refractivity contribution is 5.91. The topological polar surface area (TPSA) is 87.2 Å². The summed E-state index contributed by atoms with van der Waals surface area (Å²) in [6, 6.07) is 0. The van der Waals surface area contributed by atoms with Gasteiger partial charge in [0.25, 0.3) is 0 Å². The summed E-state index contributed by atoms with van der Waals surface area (Å²) >= 11 is 0. The monoisotopic (exact) mass is 298 g/mol.